The van der Waals surface area contributed by atoms with Gasteiger partial charge in [0.1, 0.15) is 18.2 Å². The molecule has 0 heterocycles. The Balaban J connectivity index is 1.68. The lowest BCUT2D eigenvalue weighted by Crippen LogP contribution is -2.55. The van der Waals surface area contributed by atoms with Gasteiger partial charge in [0.15, 0.2) is 23.2 Å². The van der Waals surface area contributed by atoms with Crippen molar-refractivity contribution in [3.8, 4) is 5.75 Å². The molecule has 1 aliphatic carbocycles. The number of hydrogen-bond donors (Lipinski definition) is 4. The van der Waals surface area contributed by atoms with Crippen LogP contribution >= 0.6 is 0 Å². The number of para-hydroxylation sites is 1. The minimum atomic E-state index is -4.87. The quantitative estimate of drug-likeness (QED) is 0.198. The van der Waals surface area contributed by atoms with Crippen molar-refractivity contribution in [2.75, 3.05) is 11.9 Å². The average Bonchev–Trinajstić information content (AvgIpc) is 3.62. The molecule has 0 saturated heterocycles. The lowest BCUT2D eigenvalue weighted by molar-refractivity contribution is -0.141. The van der Waals surface area contributed by atoms with Crippen molar-refractivity contribution in [2.45, 2.75) is 31.1 Å². The van der Waals surface area contributed by atoms with Crippen LogP contribution in [-0.4, -0.2) is 52.8 Å². The first-order chi connectivity index (χ1) is 19.0. The first-order valence-corrected chi connectivity index (χ1v) is 11.3. The predicted molar refractivity (Wildman–Crippen MR) is 121 cm³/mol. The van der Waals surface area contributed by atoms with Gasteiger partial charge < -0.3 is 25.8 Å². The van der Waals surface area contributed by atoms with Crippen molar-refractivity contribution in [1.82, 2.24) is 10.6 Å². The molecule has 10 nitrogen and oxygen atoms in total. The lowest BCUT2D eigenvalue weighted by Gasteiger charge is -2.21. The molecule has 1 fully saturated rings. The standard InChI is InChI=1S/C24H18F7N3O7/c1-9(32-20(37)21(38)33-14-5-3-2-4-10(14)24(29,30)31)19(36)34-23(7-11(23)22(39)40)15(35)8-41-18-16(27)12(25)6-13(26)17(18)28/h2-6,9,11H,7-8H2,1H3,(H,32,37)(H,33,38)(H,34,36)(H,39,40)/t9-,11?,23?/m0/s1. The van der Waals surface area contributed by atoms with Gasteiger partial charge >= 0.3 is 24.0 Å². The van der Waals surface area contributed by atoms with Gasteiger partial charge in [0.2, 0.25) is 17.5 Å². The molecule has 4 N–H and O–H groups in total. The number of ketones is 1. The molecule has 0 spiro atoms. The Morgan fingerprint density at radius 3 is 2.15 bits per heavy atom. The minimum Gasteiger partial charge on any atom is -0.481 e. The Morgan fingerprint density at radius 1 is 1.02 bits per heavy atom. The third kappa shape index (κ3) is 6.55. The van der Waals surface area contributed by atoms with Crippen LogP contribution in [0.5, 0.6) is 5.75 Å². The molecule has 17 heteroatoms. The first-order valence-electron chi connectivity index (χ1n) is 11.3. The van der Waals surface area contributed by atoms with Gasteiger partial charge in [-0.2, -0.15) is 22.0 Å². The number of carbonyl (C=O) groups is 5. The van der Waals surface area contributed by atoms with Gasteiger partial charge in [0.05, 0.1) is 17.2 Å². The number of halogens is 7. The molecular weight excluding hydrogens is 575 g/mol. The number of Topliss-reactive ketones (excluding diaryl/α,β-unsaturated/α-hetero) is 1. The van der Waals surface area contributed by atoms with E-state index in [0.29, 0.717) is 6.07 Å². The fraction of sp³-hybridized carbons (Fsp3) is 0.292. The number of anilines is 1. The number of aliphatic carboxylic acids is 1. The molecule has 220 valence electrons. The van der Waals surface area contributed by atoms with E-state index in [1.54, 1.807) is 5.32 Å². The summed E-state index contributed by atoms with van der Waals surface area (Å²) in [5.41, 5.74) is -4.24. The van der Waals surface area contributed by atoms with E-state index in [1.807, 2.05) is 10.6 Å². The summed E-state index contributed by atoms with van der Waals surface area (Å²) in [6.07, 6.45) is -5.42. The molecule has 3 atom stereocenters. The third-order valence-corrected chi connectivity index (χ3v) is 5.95. The van der Waals surface area contributed by atoms with Gasteiger partial charge in [-0.15, -0.1) is 0 Å². The summed E-state index contributed by atoms with van der Waals surface area (Å²) in [7, 11) is 0. The SMILES string of the molecule is C[C@H](NC(=O)C(=O)Nc1ccccc1C(F)(F)F)C(=O)NC1(C(=O)COc2c(F)c(F)cc(F)c2F)CC1C(=O)O. The summed E-state index contributed by atoms with van der Waals surface area (Å²) in [5.74, 6) is -18.1. The van der Waals surface area contributed by atoms with Gasteiger partial charge in [-0.3, -0.25) is 24.0 Å². The second-order valence-electron chi connectivity index (χ2n) is 8.76. The van der Waals surface area contributed by atoms with Gasteiger partial charge in [-0.05, 0) is 25.5 Å². The van der Waals surface area contributed by atoms with E-state index in [-0.39, 0.29) is 6.07 Å². The summed E-state index contributed by atoms with van der Waals surface area (Å²) < 4.78 is 98.3. The second kappa shape index (κ2) is 11.4. The Morgan fingerprint density at radius 2 is 1.61 bits per heavy atom. The normalized spacial score (nSPS) is 18.6. The van der Waals surface area contributed by atoms with Crippen molar-refractivity contribution < 1.29 is 64.5 Å². The van der Waals surface area contributed by atoms with Crippen LogP contribution in [-0.2, 0) is 30.1 Å². The number of rotatable bonds is 9. The van der Waals surface area contributed by atoms with E-state index in [0.717, 1.165) is 25.1 Å². The van der Waals surface area contributed by atoms with Gasteiger partial charge in [-0.1, -0.05) is 12.1 Å². The van der Waals surface area contributed by atoms with Crippen molar-refractivity contribution in [2.24, 2.45) is 5.92 Å². The molecule has 41 heavy (non-hydrogen) atoms. The van der Waals surface area contributed by atoms with Crippen LogP contribution in [0.15, 0.2) is 30.3 Å². The van der Waals surface area contributed by atoms with E-state index < -0.39 is 106 Å². The van der Waals surface area contributed by atoms with Gasteiger partial charge in [0.25, 0.3) is 0 Å². The van der Waals surface area contributed by atoms with Crippen LogP contribution in [0.1, 0.15) is 18.9 Å². The Bertz CT molecular complexity index is 1410. The average molecular weight is 593 g/mol. The molecule has 0 radical (unpaired) electrons. The molecule has 0 aliphatic heterocycles. The largest absolute Gasteiger partial charge is 0.481 e. The fourth-order valence-electron chi connectivity index (χ4n) is 3.70. The van der Waals surface area contributed by atoms with E-state index in [2.05, 4.69) is 4.74 Å². The maximum Gasteiger partial charge on any atom is 0.418 e. The zero-order valence-electron chi connectivity index (χ0n) is 20.5. The second-order valence-corrected chi connectivity index (χ2v) is 8.76. The molecule has 2 unspecified atom stereocenters. The van der Waals surface area contributed by atoms with Crippen LogP contribution in [0.3, 0.4) is 0 Å². The fourth-order valence-corrected chi connectivity index (χ4v) is 3.70. The minimum absolute atomic E-state index is 0.118. The van der Waals surface area contributed by atoms with Crippen LogP contribution in [0.2, 0.25) is 0 Å². The van der Waals surface area contributed by atoms with E-state index in [4.69, 9.17) is 0 Å². The summed E-state index contributed by atoms with van der Waals surface area (Å²) >= 11 is 0. The van der Waals surface area contributed by atoms with Crippen LogP contribution in [0.25, 0.3) is 0 Å². The molecule has 1 saturated carbocycles. The van der Waals surface area contributed by atoms with Gasteiger partial charge in [-0.25, -0.2) is 8.78 Å². The summed E-state index contributed by atoms with van der Waals surface area (Å²) in [6, 6.07) is 1.93. The predicted octanol–water partition coefficient (Wildman–Crippen LogP) is 2.31. The summed E-state index contributed by atoms with van der Waals surface area (Å²) in [5, 5.41) is 14.9. The van der Waals surface area contributed by atoms with Crippen LogP contribution < -0.4 is 20.7 Å². The van der Waals surface area contributed by atoms with Crippen molar-refractivity contribution in [3.63, 3.8) is 0 Å². The molecule has 3 rings (SSSR count). The van der Waals surface area contributed by atoms with Crippen LogP contribution in [0.4, 0.5) is 36.4 Å². The zero-order chi connectivity index (χ0) is 30.9. The number of amides is 3. The highest BCUT2D eigenvalue weighted by Crippen LogP contribution is 2.45. The van der Waals surface area contributed by atoms with Crippen LogP contribution in [0, 0.1) is 29.2 Å². The van der Waals surface area contributed by atoms with Crippen molar-refractivity contribution in [3.05, 3.63) is 59.2 Å². The Kier molecular flexibility index (Phi) is 8.59. The highest BCUT2D eigenvalue weighted by atomic mass is 19.4. The molecule has 1 aliphatic rings. The molecule has 0 aromatic heterocycles. The molecule has 3 amide bonds. The maximum atomic E-state index is 13.8. The number of carboxylic acid groups (broad SMARTS) is 1. The van der Waals surface area contributed by atoms with Gasteiger partial charge in [0, 0.05) is 6.07 Å². The topological polar surface area (TPSA) is 151 Å². The van der Waals surface area contributed by atoms with Crippen molar-refractivity contribution in [1.29, 1.82) is 0 Å². The van der Waals surface area contributed by atoms with E-state index >= 15 is 0 Å². The molecule has 0 bridgehead atoms. The summed E-state index contributed by atoms with van der Waals surface area (Å²) in [6.45, 7) is -0.361. The molecule has 2 aromatic rings. The molecular formula is C24H18F7N3O7. The lowest BCUT2D eigenvalue weighted by atomic mass is 10.1. The van der Waals surface area contributed by atoms with E-state index in [1.165, 1.54) is 0 Å². The van der Waals surface area contributed by atoms with Crippen molar-refractivity contribution >= 4 is 35.2 Å². The Labute approximate surface area is 224 Å². The first kappa shape index (κ1) is 30.8. The number of hydrogen-bond acceptors (Lipinski definition) is 6. The summed E-state index contributed by atoms with van der Waals surface area (Å²) in [4.78, 5) is 61.2. The number of alkyl halides is 3. The highest BCUT2D eigenvalue weighted by Gasteiger charge is 2.65. The number of benzene rings is 2. The smallest absolute Gasteiger partial charge is 0.418 e. The molecule has 2 aromatic carbocycles. The monoisotopic (exact) mass is 593 g/mol. The number of ether oxygens (including phenoxy) is 1. The Hall–Kier alpha value is -4.70. The number of carboxylic acids is 1. The number of nitrogens with one attached hydrogen (secondary N) is 3. The van der Waals surface area contributed by atoms with E-state index in [9.17, 15) is 59.8 Å². The maximum absolute atomic E-state index is 13.8. The third-order valence-electron chi connectivity index (χ3n) is 5.95. The highest BCUT2D eigenvalue weighted by molar-refractivity contribution is 6.40. The zero-order valence-corrected chi connectivity index (χ0v) is 20.5. The number of carbonyl (C=O) groups excluding carboxylic acids is 4.